The van der Waals surface area contributed by atoms with Crippen LogP contribution in [-0.2, 0) is 0 Å². The van der Waals surface area contributed by atoms with Gasteiger partial charge < -0.3 is 9.15 Å². The Hall–Kier alpha value is -2.93. The number of rotatable bonds is 3. The first-order valence-corrected chi connectivity index (χ1v) is 6.67. The van der Waals surface area contributed by atoms with E-state index in [2.05, 4.69) is 0 Å². The van der Waals surface area contributed by atoms with Crippen molar-refractivity contribution in [3.63, 3.8) is 0 Å². The van der Waals surface area contributed by atoms with E-state index in [1.807, 2.05) is 0 Å². The molecule has 0 N–H and O–H groups in total. The van der Waals surface area contributed by atoms with Crippen LogP contribution in [0.2, 0.25) is 5.02 Å². The number of hydrogen-bond acceptors (Lipinski definition) is 5. The van der Waals surface area contributed by atoms with Crippen LogP contribution >= 0.6 is 11.6 Å². The maximum atomic E-state index is 13.2. The molecular formula is C15H7ClFNO5. The van der Waals surface area contributed by atoms with Crippen molar-refractivity contribution in [2.45, 2.75) is 0 Å². The van der Waals surface area contributed by atoms with E-state index in [1.54, 1.807) is 18.2 Å². The van der Waals surface area contributed by atoms with Gasteiger partial charge in [-0.1, -0.05) is 11.6 Å². The molecule has 8 heteroatoms. The molecule has 0 fully saturated rings. The number of carbonyl (C=O) groups excluding carboxylic acids is 1. The van der Waals surface area contributed by atoms with Crippen LogP contribution in [0.3, 0.4) is 0 Å². The highest BCUT2D eigenvalue weighted by Gasteiger charge is 2.22. The maximum Gasteiger partial charge on any atom is 0.379 e. The molecule has 0 atom stereocenters. The lowest BCUT2D eigenvalue weighted by molar-refractivity contribution is -0.385. The molecule has 0 spiro atoms. The van der Waals surface area contributed by atoms with Crippen molar-refractivity contribution in [2.75, 3.05) is 0 Å². The number of nitro groups is 1. The predicted octanol–water partition coefficient (Wildman–Crippen LogP) is 4.35. The van der Waals surface area contributed by atoms with E-state index in [-0.39, 0.29) is 5.76 Å². The lowest BCUT2D eigenvalue weighted by Gasteiger charge is -2.03. The number of nitrogens with zero attached hydrogens (tertiary/aromatic N) is 1. The number of hydrogen-bond donors (Lipinski definition) is 0. The van der Waals surface area contributed by atoms with Crippen LogP contribution in [0.5, 0.6) is 5.75 Å². The zero-order chi connectivity index (χ0) is 16.6. The molecule has 23 heavy (non-hydrogen) atoms. The summed E-state index contributed by atoms with van der Waals surface area (Å²) in [6.45, 7) is 0. The van der Waals surface area contributed by atoms with Crippen molar-refractivity contribution in [1.82, 2.24) is 0 Å². The second-order valence-electron chi connectivity index (χ2n) is 4.55. The summed E-state index contributed by atoms with van der Waals surface area (Å²) in [5.74, 6) is -2.43. The Bertz CT molecular complexity index is 937. The Morgan fingerprint density at radius 2 is 2.00 bits per heavy atom. The monoisotopic (exact) mass is 335 g/mol. The number of esters is 1. The number of benzene rings is 2. The fraction of sp³-hybridized carbons (Fsp3) is 0. The van der Waals surface area contributed by atoms with Crippen LogP contribution in [-0.4, -0.2) is 10.9 Å². The van der Waals surface area contributed by atoms with Crippen molar-refractivity contribution < 1.29 is 23.3 Å². The first-order chi connectivity index (χ1) is 10.9. The number of halogens is 2. The van der Waals surface area contributed by atoms with Gasteiger partial charge >= 0.3 is 11.7 Å². The molecule has 0 radical (unpaired) electrons. The number of fused-ring (bicyclic) bond motifs is 1. The number of carbonyl (C=O) groups is 1. The van der Waals surface area contributed by atoms with Gasteiger partial charge in [0.05, 0.1) is 4.92 Å². The Labute approximate surface area is 133 Å². The minimum absolute atomic E-state index is 0.180. The van der Waals surface area contributed by atoms with Gasteiger partial charge in [0.15, 0.2) is 0 Å². The second kappa shape index (κ2) is 5.69. The van der Waals surface area contributed by atoms with Crippen molar-refractivity contribution in [3.05, 3.63) is 69.2 Å². The zero-order valence-corrected chi connectivity index (χ0v) is 12.0. The molecule has 1 heterocycles. The van der Waals surface area contributed by atoms with Crippen LogP contribution in [0, 0.1) is 15.9 Å². The van der Waals surface area contributed by atoms with E-state index < -0.39 is 28.1 Å². The molecule has 0 saturated carbocycles. The fourth-order valence-corrected chi connectivity index (χ4v) is 2.17. The van der Waals surface area contributed by atoms with Crippen LogP contribution < -0.4 is 4.74 Å². The van der Waals surface area contributed by atoms with Gasteiger partial charge in [-0.3, -0.25) is 10.1 Å². The average molecular weight is 336 g/mol. The van der Waals surface area contributed by atoms with E-state index in [1.165, 1.54) is 6.07 Å². The van der Waals surface area contributed by atoms with E-state index >= 15 is 0 Å². The highest BCUT2D eigenvalue weighted by Crippen LogP contribution is 2.29. The first-order valence-electron chi connectivity index (χ1n) is 6.29. The molecule has 0 saturated heterocycles. The van der Waals surface area contributed by atoms with Gasteiger partial charge in [0.25, 0.3) is 0 Å². The molecule has 3 aromatic rings. The summed E-state index contributed by atoms with van der Waals surface area (Å²) < 4.78 is 23.4. The molecule has 0 aliphatic rings. The fourth-order valence-electron chi connectivity index (χ4n) is 1.99. The molecule has 0 bridgehead atoms. The van der Waals surface area contributed by atoms with E-state index in [0.29, 0.717) is 16.0 Å². The molecule has 2 aromatic carbocycles. The molecule has 0 unspecified atom stereocenters. The minimum atomic E-state index is -0.981. The summed E-state index contributed by atoms with van der Waals surface area (Å²) >= 11 is 5.84. The van der Waals surface area contributed by atoms with Gasteiger partial charge in [-0.2, -0.15) is 0 Å². The van der Waals surface area contributed by atoms with Gasteiger partial charge in [-0.15, -0.1) is 0 Å². The summed E-state index contributed by atoms with van der Waals surface area (Å²) in [4.78, 5) is 22.2. The Kier molecular flexibility index (Phi) is 3.71. The topological polar surface area (TPSA) is 82.6 Å². The third-order valence-corrected chi connectivity index (χ3v) is 3.24. The predicted molar refractivity (Wildman–Crippen MR) is 79.2 cm³/mol. The highest BCUT2D eigenvalue weighted by atomic mass is 35.5. The number of ether oxygens (including phenoxy) is 1. The van der Waals surface area contributed by atoms with Crippen LogP contribution in [0.15, 0.2) is 46.9 Å². The van der Waals surface area contributed by atoms with Gasteiger partial charge in [0, 0.05) is 22.5 Å². The average Bonchev–Trinajstić information content (AvgIpc) is 2.90. The summed E-state index contributed by atoms with van der Waals surface area (Å²) in [6, 6.07) is 8.69. The zero-order valence-electron chi connectivity index (χ0n) is 11.3. The van der Waals surface area contributed by atoms with Gasteiger partial charge in [0.2, 0.25) is 11.5 Å². The standard InChI is InChI=1S/C15H7ClFNO5/c16-9-1-4-12-8(5-9)6-14(22-12)15(19)23-13-7-10(17)2-3-11(13)18(20)21/h1-7H. The highest BCUT2D eigenvalue weighted by molar-refractivity contribution is 6.31. The van der Waals surface area contributed by atoms with Crippen molar-refractivity contribution in [3.8, 4) is 5.75 Å². The quantitative estimate of drug-likeness (QED) is 0.307. The minimum Gasteiger partial charge on any atom is -0.449 e. The van der Waals surface area contributed by atoms with Crippen LogP contribution in [0.25, 0.3) is 11.0 Å². The van der Waals surface area contributed by atoms with E-state index in [0.717, 1.165) is 18.2 Å². The molecule has 3 rings (SSSR count). The van der Waals surface area contributed by atoms with Crippen LogP contribution in [0.4, 0.5) is 10.1 Å². The molecule has 0 aliphatic heterocycles. The molecule has 116 valence electrons. The normalized spacial score (nSPS) is 10.7. The van der Waals surface area contributed by atoms with Gasteiger partial charge in [-0.05, 0) is 30.3 Å². The second-order valence-corrected chi connectivity index (χ2v) is 4.99. The van der Waals surface area contributed by atoms with Gasteiger partial charge in [0.1, 0.15) is 11.4 Å². The van der Waals surface area contributed by atoms with Crippen molar-refractivity contribution >= 4 is 34.2 Å². The lowest BCUT2D eigenvalue weighted by atomic mass is 10.2. The molecule has 0 aliphatic carbocycles. The third-order valence-electron chi connectivity index (χ3n) is 3.00. The SMILES string of the molecule is O=C(Oc1cc(F)ccc1[N+](=O)[O-])c1cc2cc(Cl)ccc2o1. The number of nitro benzene ring substituents is 1. The van der Waals surface area contributed by atoms with Crippen LogP contribution in [0.1, 0.15) is 10.6 Å². The summed E-state index contributed by atoms with van der Waals surface area (Å²) in [7, 11) is 0. The Morgan fingerprint density at radius 1 is 1.22 bits per heavy atom. The Morgan fingerprint density at radius 3 is 2.74 bits per heavy atom. The first kappa shape index (κ1) is 15.0. The molecule has 1 aromatic heterocycles. The van der Waals surface area contributed by atoms with Crippen molar-refractivity contribution in [2.24, 2.45) is 0 Å². The van der Waals surface area contributed by atoms with Crippen molar-refractivity contribution in [1.29, 1.82) is 0 Å². The summed E-state index contributed by atoms with van der Waals surface area (Å²) in [5, 5.41) is 11.9. The summed E-state index contributed by atoms with van der Waals surface area (Å²) in [5.41, 5.74) is -0.131. The van der Waals surface area contributed by atoms with E-state index in [4.69, 9.17) is 20.8 Å². The lowest BCUT2D eigenvalue weighted by Crippen LogP contribution is -2.09. The molecule has 0 amide bonds. The molecular weight excluding hydrogens is 329 g/mol. The Balaban J connectivity index is 1.94. The van der Waals surface area contributed by atoms with Gasteiger partial charge in [-0.25, -0.2) is 9.18 Å². The molecule has 6 nitrogen and oxygen atoms in total. The maximum absolute atomic E-state index is 13.2. The number of furan rings is 1. The smallest absolute Gasteiger partial charge is 0.379 e. The summed E-state index contributed by atoms with van der Waals surface area (Å²) in [6.07, 6.45) is 0. The van der Waals surface area contributed by atoms with E-state index in [9.17, 15) is 19.3 Å². The largest absolute Gasteiger partial charge is 0.449 e. The third kappa shape index (κ3) is 3.00.